The van der Waals surface area contributed by atoms with E-state index in [1.165, 1.54) is 28.0 Å². The van der Waals surface area contributed by atoms with Crippen LogP contribution in [0.4, 0.5) is 11.4 Å². The van der Waals surface area contributed by atoms with Crippen molar-refractivity contribution in [3.05, 3.63) is 101 Å². The molecule has 3 aromatic rings. The lowest BCUT2D eigenvalue weighted by Crippen LogP contribution is -2.40. The Morgan fingerprint density at radius 1 is 1.24 bits per heavy atom. The van der Waals surface area contributed by atoms with Crippen LogP contribution in [0.1, 0.15) is 31.0 Å². The zero-order valence-electron chi connectivity index (χ0n) is 21.0. The molecule has 2 aliphatic heterocycles. The van der Waals surface area contributed by atoms with E-state index in [0.29, 0.717) is 52.5 Å². The number of nitro benzene ring substituents is 1. The number of aromatic nitrogens is 1. The molecule has 3 heterocycles. The summed E-state index contributed by atoms with van der Waals surface area (Å²) in [6.45, 7) is 6.02. The second-order valence-electron chi connectivity index (χ2n) is 8.81. The minimum atomic E-state index is -0.711. The third kappa shape index (κ3) is 4.77. The predicted molar refractivity (Wildman–Crippen MR) is 143 cm³/mol. The van der Waals surface area contributed by atoms with Crippen LogP contribution in [-0.2, 0) is 14.3 Å². The number of anilines is 1. The van der Waals surface area contributed by atoms with Crippen molar-refractivity contribution in [2.75, 3.05) is 37.8 Å². The van der Waals surface area contributed by atoms with Crippen LogP contribution in [0, 0.1) is 10.1 Å². The molecule has 2 aliphatic rings. The monoisotopic (exact) mass is 534 g/mol. The number of rotatable bonds is 6. The SMILES string of the molecule is CCOC(=O)C1=C(C)N=c2sc(=Cc3cc([N+](=O)[O-])ccc3N3CCOCC3)c(=O)n2C1c1ccccc1. The van der Waals surface area contributed by atoms with E-state index in [2.05, 4.69) is 9.89 Å². The number of non-ortho nitro benzene ring substituents is 1. The van der Waals surface area contributed by atoms with Crippen molar-refractivity contribution < 1.29 is 19.2 Å². The third-order valence-corrected chi connectivity index (χ3v) is 7.48. The Bertz CT molecular complexity index is 1600. The fourth-order valence-electron chi connectivity index (χ4n) is 4.75. The molecular formula is C27H26N4O6S. The minimum absolute atomic E-state index is 0.0661. The van der Waals surface area contributed by atoms with Crippen LogP contribution in [0.25, 0.3) is 6.08 Å². The van der Waals surface area contributed by atoms with Gasteiger partial charge in [-0.2, -0.15) is 0 Å². The molecule has 0 radical (unpaired) electrons. The lowest BCUT2D eigenvalue weighted by molar-refractivity contribution is -0.384. The smallest absolute Gasteiger partial charge is 0.338 e. The van der Waals surface area contributed by atoms with E-state index >= 15 is 0 Å². The normalized spacial score (nSPS) is 17.7. The second-order valence-corrected chi connectivity index (χ2v) is 9.82. The van der Waals surface area contributed by atoms with Crippen LogP contribution < -0.4 is 19.8 Å². The number of nitrogens with zero attached hydrogens (tertiary/aromatic N) is 4. The highest BCUT2D eigenvalue weighted by molar-refractivity contribution is 7.07. The quantitative estimate of drug-likeness (QED) is 0.271. The van der Waals surface area contributed by atoms with Crippen molar-refractivity contribution in [2.45, 2.75) is 19.9 Å². The summed E-state index contributed by atoms with van der Waals surface area (Å²) in [6, 6.07) is 13.2. The number of benzene rings is 2. The molecule has 1 aromatic heterocycles. The van der Waals surface area contributed by atoms with Gasteiger partial charge >= 0.3 is 5.97 Å². The number of fused-ring (bicyclic) bond motifs is 1. The minimum Gasteiger partial charge on any atom is -0.463 e. The number of hydrogen-bond acceptors (Lipinski definition) is 9. The zero-order valence-corrected chi connectivity index (χ0v) is 21.8. The molecule has 1 atom stereocenters. The lowest BCUT2D eigenvalue weighted by atomic mass is 9.96. The number of nitro groups is 1. The number of thiazole rings is 1. The molecule has 196 valence electrons. The fourth-order valence-corrected chi connectivity index (χ4v) is 5.78. The van der Waals surface area contributed by atoms with Crippen molar-refractivity contribution in [1.82, 2.24) is 4.57 Å². The van der Waals surface area contributed by atoms with Crippen molar-refractivity contribution in [3.63, 3.8) is 0 Å². The Balaban J connectivity index is 1.71. The van der Waals surface area contributed by atoms with E-state index in [4.69, 9.17) is 9.47 Å². The molecule has 0 bridgehead atoms. The summed E-state index contributed by atoms with van der Waals surface area (Å²) < 4.78 is 12.7. The first-order chi connectivity index (χ1) is 18.4. The topological polar surface area (TPSA) is 116 Å². The fraction of sp³-hybridized carbons (Fsp3) is 0.296. The number of ether oxygens (including phenoxy) is 2. The van der Waals surface area contributed by atoms with E-state index < -0.39 is 16.9 Å². The number of morpholine rings is 1. The van der Waals surface area contributed by atoms with E-state index in [-0.39, 0.29) is 17.9 Å². The van der Waals surface area contributed by atoms with Crippen LogP contribution in [0.5, 0.6) is 0 Å². The maximum absolute atomic E-state index is 13.9. The number of carbonyl (C=O) groups is 1. The third-order valence-electron chi connectivity index (χ3n) is 6.49. The summed E-state index contributed by atoms with van der Waals surface area (Å²) in [4.78, 5) is 45.1. The van der Waals surface area contributed by atoms with Gasteiger partial charge in [-0.25, -0.2) is 9.79 Å². The Morgan fingerprint density at radius 3 is 2.66 bits per heavy atom. The summed E-state index contributed by atoms with van der Waals surface area (Å²) in [5.41, 5.74) is 2.48. The summed E-state index contributed by atoms with van der Waals surface area (Å²) in [5.74, 6) is -0.523. The van der Waals surface area contributed by atoms with E-state index in [0.717, 1.165) is 11.3 Å². The van der Waals surface area contributed by atoms with Gasteiger partial charge in [-0.1, -0.05) is 41.7 Å². The van der Waals surface area contributed by atoms with Crippen LogP contribution in [0.15, 0.2) is 69.6 Å². The van der Waals surface area contributed by atoms with Crippen molar-refractivity contribution in [3.8, 4) is 0 Å². The van der Waals surface area contributed by atoms with Gasteiger partial charge in [-0.05, 0) is 31.6 Å². The molecule has 0 N–H and O–H groups in total. The van der Waals surface area contributed by atoms with Gasteiger partial charge in [-0.15, -0.1) is 0 Å². The molecule has 0 spiro atoms. The van der Waals surface area contributed by atoms with Gasteiger partial charge in [0, 0.05) is 36.5 Å². The van der Waals surface area contributed by atoms with Gasteiger partial charge in [-0.3, -0.25) is 19.5 Å². The molecule has 5 rings (SSSR count). The second kappa shape index (κ2) is 10.7. The van der Waals surface area contributed by atoms with Gasteiger partial charge in [0.05, 0.1) is 46.6 Å². The summed E-state index contributed by atoms with van der Waals surface area (Å²) >= 11 is 1.18. The molecule has 0 saturated carbocycles. The highest BCUT2D eigenvalue weighted by atomic mass is 32.1. The molecule has 1 unspecified atom stereocenters. The Labute approximate surface area is 221 Å². The van der Waals surface area contributed by atoms with Gasteiger partial charge in [0.1, 0.15) is 0 Å². The summed E-state index contributed by atoms with van der Waals surface area (Å²) in [5, 5.41) is 11.5. The molecule has 0 aliphatic carbocycles. The number of carbonyl (C=O) groups excluding carboxylic acids is 1. The average molecular weight is 535 g/mol. The number of allylic oxidation sites excluding steroid dienone is 1. The van der Waals surface area contributed by atoms with Crippen molar-refractivity contribution in [2.24, 2.45) is 4.99 Å². The standard InChI is InChI=1S/C27H26N4O6S/c1-3-37-26(33)23-17(2)28-27-30(24(23)18-7-5-4-6-8-18)25(32)22(38-27)16-19-15-20(31(34)35)9-10-21(19)29-11-13-36-14-12-29/h4-10,15-16,24H,3,11-14H2,1-2H3. The molecule has 1 fully saturated rings. The number of hydrogen-bond donors (Lipinski definition) is 0. The Kier molecular flexibility index (Phi) is 7.21. The molecule has 11 heteroatoms. The molecule has 0 amide bonds. The Hall–Kier alpha value is -4.09. The zero-order chi connectivity index (χ0) is 26.8. The maximum Gasteiger partial charge on any atom is 0.338 e. The van der Waals surface area contributed by atoms with Gasteiger partial charge in [0.25, 0.3) is 11.2 Å². The first kappa shape index (κ1) is 25.6. The van der Waals surface area contributed by atoms with Crippen LogP contribution in [0.2, 0.25) is 0 Å². The lowest BCUT2D eigenvalue weighted by Gasteiger charge is -2.30. The van der Waals surface area contributed by atoms with Crippen LogP contribution in [-0.4, -0.2) is 48.4 Å². The van der Waals surface area contributed by atoms with E-state index in [1.54, 1.807) is 26.0 Å². The predicted octanol–water partition coefficient (Wildman–Crippen LogP) is 2.54. The van der Waals surface area contributed by atoms with Crippen molar-refractivity contribution >= 4 is 34.8 Å². The van der Waals surface area contributed by atoms with E-state index in [9.17, 15) is 19.7 Å². The average Bonchev–Trinajstić information content (AvgIpc) is 3.22. The largest absolute Gasteiger partial charge is 0.463 e. The molecule has 10 nitrogen and oxygen atoms in total. The molecular weight excluding hydrogens is 508 g/mol. The van der Waals surface area contributed by atoms with Crippen LogP contribution in [0.3, 0.4) is 0 Å². The molecule has 1 saturated heterocycles. The molecule has 2 aromatic carbocycles. The highest BCUT2D eigenvalue weighted by Crippen LogP contribution is 2.31. The van der Waals surface area contributed by atoms with Gasteiger partial charge in [0.2, 0.25) is 0 Å². The van der Waals surface area contributed by atoms with Gasteiger partial charge in [0.15, 0.2) is 4.80 Å². The van der Waals surface area contributed by atoms with Crippen LogP contribution >= 0.6 is 11.3 Å². The molecule has 38 heavy (non-hydrogen) atoms. The Morgan fingerprint density at radius 2 is 1.97 bits per heavy atom. The highest BCUT2D eigenvalue weighted by Gasteiger charge is 2.33. The summed E-state index contributed by atoms with van der Waals surface area (Å²) in [7, 11) is 0. The first-order valence-electron chi connectivity index (χ1n) is 12.2. The maximum atomic E-state index is 13.9. The summed E-state index contributed by atoms with van der Waals surface area (Å²) in [6.07, 6.45) is 1.67. The van der Waals surface area contributed by atoms with Gasteiger partial charge < -0.3 is 14.4 Å². The first-order valence-corrected chi connectivity index (χ1v) is 13.1. The number of esters is 1. The van der Waals surface area contributed by atoms with Crippen molar-refractivity contribution in [1.29, 1.82) is 0 Å². The van der Waals surface area contributed by atoms with E-state index in [1.807, 2.05) is 30.3 Å².